The average Bonchev–Trinajstić information content (AvgIpc) is 2.16. The number of benzene rings is 1. The quantitative estimate of drug-likeness (QED) is 0.628. The van der Waals surface area contributed by atoms with Crippen molar-refractivity contribution in [2.75, 3.05) is 0 Å². The van der Waals surface area contributed by atoms with Gasteiger partial charge in [0.15, 0.2) is 6.30 Å². The molecule has 2 heteroatoms. The van der Waals surface area contributed by atoms with E-state index in [1.807, 2.05) is 30.3 Å². The van der Waals surface area contributed by atoms with Crippen molar-refractivity contribution in [3.63, 3.8) is 0 Å². The fourth-order valence-corrected chi connectivity index (χ4v) is 1.71. The standard InChI is InChI=1S/C11H12FN/c1-2-13-10(8-11(13)12)9-6-4-3-5-7-9/h2-7,10-11H,1,8H2. The maximum atomic E-state index is 13.0. The van der Waals surface area contributed by atoms with Gasteiger partial charge in [-0.2, -0.15) is 0 Å². The number of rotatable bonds is 2. The molecule has 1 heterocycles. The molecule has 0 bridgehead atoms. The summed E-state index contributed by atoms with van der Waals surface area (Å²) in [6.07, 6.45) is 1.31. The highest BCUT2D eigenvalue weighted by molar-refractivity contribution is 5.22. The highest BCUT2D eigenvalue weighted by atomic mass is 19.1. The molecule has 0 radical (unpaired) electrons. The molecule has 2 unspecified atom stereocenters. The summed E-state index contributed by atoms with van der Waals surface area (Å²) in [5.41, 5.74) is 1.16. The lowest BCUT2D eigenvalue weighted by molar-refractivity contribution is -0.0260. The molecule has 0 spiro atoms. The second-order valence-electron chi connectivity index (χ2n) is 3.23. The Morgan fingerprint density at radius 1 is 1.38 bits per heavy atom. The molecule has 1 nitrogen and oxygen atoms in total. The van der Waals surface area contributed by atoms with E-state index in [9.17, 15) is 4.39 Å². The molecular formula is C11H12FN. The largest absolute Gasteiger partial charge is 0.342 e. The summed E-state index contributed by atoms with van der Waals surface area (Å²) in [7, 11) is 0. The van der Waals surface area contributed by atoms with Crippen LogP contribution in [0.2, 0.25) is 0 Å². The Kier molecular flexibility index (Phi) is 2.05. The summed E-state index contributed by atoms with van der Waals surface area (Å²) in [5, 5.41) is 0. The Bertz CT molecular complexity index is 296. The van der Waals surface area contributed by atoms with E-state index in [1.165, 1.54) is 0 Å². The van der Waals surface area contributed by atoms with Crippen molar-refractivity contribution < 1.29 is 4.39 Å². The van der Waals surface area contributed by atoms with Gasteiger partial charge in [0.2, 0.25) is 0 Å². The molecule has 1 aromatic rings. The zero-order valence-electron chi connectivity index (χ0n) is 7.36. The highest BCUT2D eigenvalue weighted by Crippen LogP contribution is 2.39. The molecule has 1 aliphatic heterocycles. The van der Waals surface area contributed by atoms with Gasteiger partial charge in [0.25, 0.3) is 0 Å². The summed E-state index contributed by atoms with van der Waals surface area (Å²) < 4.78 is 13.0. The van der Waals surface area contributed by atoms with Crippen LogP contribution < -0.4 is 0 Å². The Morgan fingerprint density at radius 2 is 2.08 bits per heavy atom. The van der Waals surface area contributed by atoms with Gasteiger partial charge >= 0.3 is 0 Å². The Hall–Kier alpha value is -1.31. The maximum absolute atomic E-state index is 13.0. The zero-order chi connectivity index (χ0) is 9.26. The predicted molar refractivity (Wildman–Crippen MR) is 50.7 cm³/mol. The van der Waals surface area contributed by atoms with Crippen LogP contribution in [0.1, 0.15) is 18.0 Å². The third kappa shape index (κ3) is 1.32. The van der Waals surface area contributed by atoms with Crippen LogP contribution in [0.15, 0.2) is 43.1 Å². The maximum Gasteiger partial charge on any atom is 0.174 e. The molecule has 0 N–H and O–H groups in total. The van der Waals surface area contributed by atoms with Crippen molar-refractivity contribution in [2.24, 2.45) is 0 Å². The molecule has 68 valence electrons. The van der Waals surface area contributed by atoms with Crippen LogP contribution in [0.5, 0.6) is 0 Å². The van der Waals surface area contributed by atoms with E-state index in [4.69, 9.17) is 0 Å². The van der Waals surface area contributed by atoms with E-state index in [-0.39, 0.29) is 6.04 Å². The van der Waals surface area contributed by atoms with Crippen molar-refractivity contribution in [3.8, 4) is 0 Å². The minimum absolute atomic E-state index is 0.189. The minimum Gasteiger partial charge on any atom is -0.342 e. The van der Waals surface area contributed by atoms with Crippen LogP contribution in [0.3, 0.4) is 0 Å². The van der Waals surface area contributed by atoms with E-state index in [0.29, 0.717) is 6.42 Å². The molecule has 1 fully saturated rings. The molecule has 13 heavy (non-hydrogen) atoms. The average molecular weight is 177 g/mol. The number of likely N-dealkylation sites (tertiary alicyclic amines) is 1. The van der Waals surface area contributed by atoms with Crippen molar-refractivity contribution >= 4 is 0 Å². The molecule has 1 aromatic carbocycles. The zero-order valence-corrected chi connectivity index (χ0v) is 7.36. The Morgan fingerprint density at radius 3 is 2.62 bits per heavy atom. The topological polar surface area (TPSA) is 3.24 Å². The SMILES string of the molecule is C=CN1C(F)CC1c1ccccc1. The molecule has 1 saturated heterocycles. The second-order valence-corrected chi connectivity index (χ2v) is 3.23. The smallest absolute Gasteiger partial charge is 0.174 e. The fraction of sp³-hybridized carbons (Fsp3) is 0.273. The number of halogens is 1. The molecule has 0 aromatic heterocycles. The first-order valence-corrected chi connectivity index (χ1v) is 4.42. The number of hydrogen-bond acceptors (Lipinski definition) is 1. The van der Waals surface area contributed by atoms with E-state index < -0.39 is 6.30 Å². The van der Waals surface area contributed by atoms with Crippen LogP contribution >= 0.6 is 0 Å². The normalized spacial score (nSPS) is 26.7. The fourth-order valence-electron chi connectivity index (χ4n) is 1.71. The van der Waals surface area contributed by atoms with E-state index in [2.05, 4.69) is 6.58 Å². The summed E-state index contributed by atoms with van der Waals surface area (Å²) in [5.74, 6) is 0. The number of nitrogens with zero attached hydrogens (tertiary/aromatic N) is 1. The lowest BCUT2D eigenvalue weighted by atomic mass is 9.94. The van der Waals surface area contributed by atoms with Gasteiger partial charge in [-0.3, -0.25) is 0 Å². The minimum atomic E-state index is -0.845. The lowest BCUT2D eigenvalue weighted by Gasteiger charge is -2.43. The van der Waals surface area contributed by atoms with Gasteiger partial charge in [-0.15, -0.1) is 0 Å². The van der Waals surface area contributed by atoms with E-state index in [1.54, 1.807) is 11.1 Å². The van der Waals surface area contributed by atoms with Crippen molar-refractivity contribution in [1.82, 2.24) is 4.90 Å². The summed E-state index contributed by atoms with van der Waals surface area (Å²) in [6.45, 7) is 3.59. The Labute approximate surface area is 77.5 Å². The molecule has 0 saturated carbocycles. The van der Waals surface area contributed by atoms with Crippen LogP contribution in [-0.4, -0.2) is 11.2 Å². The summed E-state index contributed by atoms with van der Waals surface area (Å²) in [4.78, 5) is 1.65. The third-order valence-corrected chi connectivity index (χ3v) is 2.50. The van der Waals surface area contributed by atoms with E-state index >= 15 is 0 Å². The molecule has 0 aliphatic carbocycles. The van der Waals surface area contributed by atoms with Crippen molar-refractivity contribution in [2.45, 2.75) is 18.8 Å². The molecule has 2 atom stereocenters. The van der Waals surface area contributed by atoms with Crippen molar-refractivity contribution in [1.29, 1.82) is 0 Å². The Balaban J connectivity index is 2.16. The van der Waals surface area contributed by atoms with Gasteiger partial charge in [0.1, 0.15) is 0 Å². The summed E-state index contributed by atoms with van der Waals surface area (Å²) >= 11 is 0. The van der Waals surface area contributed by atoms with Crippen LogP contribution in [0, 0.1) is 0 Å². The third-order valence-electron chi connectivity index (χ3n) is 2.50. The summed E-state index contributed by atoms with van der Waals surface area (Å²) in [6, 6.07) is 10.1. The monoisotopic (exact) mass is 177 g/mol. The molecular weight excluding hydrogens is 165 g/mol. The van der Waals surface area contributed by atoms with Gasteiger partial charge in [-0.25, -0.2) is 4.39 Å². The lowest BCUT2D eigenvalue weighted by Crippen LogP contribution is -2.43. The van der Waals surface area contributed by atoms with Gasteiger partial charge < -0.3 is 4.90 Å². The van der Waals surface area contributed by atoms with Gasteiger partial charge in [-0.1, -0.05) is 36.9 Å². The van der Waals surface area contributed by atoms with Crippen LogP contribution in [0.4, 0.5) is 4.39 Å². The van der Waals surface area contributed by atoms with E-state index in [0.717, 1.165) is 5.56 Å². The van der Waals surface area contributed by atoms with Gasteiger partial charge in [-0.05, 0) is 11.8 Å². The molecule has 2 rings (SSSR count). The second kappa shape index (κ2) is 3.21. The first-order valence-electron chi connectivity index (χ1n) is 4.42. The molecule has 1 aliphatic rings. The van der Waals surface area contributed by atoms with Crippen LogP contribution in [-0.2, 0) is 0 Å². The first kappa shape index (κ1) is 8.30. The van der Waals surface area contributed by atoms with Crippen LogP contribution in [0.25, 0.3) is 0 Å². The van der Waals surface area contributed by atoms with Gasteiger partial charge in [0, 0.05) is 6.42 Å². The van der Waals surface area contributed by atoms with Crippen molar-refractivity contribution in [3.05, 3.63) is 48.7 Å². The predicted octanol–water partition coefficient (Wildman–Crippen LogP) is 2.87. The first-order chi connectivity index (χ1) is 6.33. The number of hydrogen-bond donors (Lipinski definition) is 0. The highest BCUT2D eigenvalue weighted by Gasteiger charge is 2.36. The molecule has 0 amide bonds. The van der Waals surface area contributed by atoms with Gasteiger partial charge in [0.05, 0.1) is 6.04 Å². The number of alkyl halides is 1.